The van der Waals surface area contributed by atoms with Crippen molar-refractivity contribution in [3.05, 3.63) is 45.9 Å². The van der Waals surface area contributed by atoms with Crippen molar-refractivity contribution in [1.82, 2.24) is 19.7 Å². The van der Waals surface area contributed by atoms with Crippen LogP contribution in [0.1, 0.15) is 22.5 Å². The first kappa shape index (κ1) is 23.0. The Bertz CT molecular complexity index is 1250. The van der Waals surface area contributed by atoms with Gasteiger partial charge in [0.25, 0.3) is 0 Å². The molecule has 0 aliphatic carbocycles. The molecule has 9 nitrogen and oxygen atoms in total. The standard InChI is InChI=1S/C22H22N4O5S2/c1-13-20-14(10-15(16-6-4-9-32-16)23-21(20)25(2)24-13)22(29)31-8-5-7-26-17(27)12-33-18(26)11-19(28)30-3/h4,6,9-11H,5,7-8,12H2,1-3H3/b18-11+. The first-order valence-corrected chi connectivity index (χ1v) is 12.0. The van der Waals surface area contributed by atoms with Crippen LogP contribution in [0.25, 0.3) is 21.6 Å². The molecule has 1 aliphatic heterocycles. The number of aromatic nitrogens is 3. The van der Waals surface area contributed by atoms with Gasteiger partial charge in [-0.1, -0.05) is 17.8 Å². The van der Waals surface area contributed by atoms with Crippen LogP contribution >= 0.6 is 23.1 Å². The zero-order chi connectivity index (χ0) is 23.5. The van der Waals surface area contributed by atoms with Gasteiger partial charge in [0.05, 0.1) is 57.8 Å². The maximum atomic E-state index is 13.0. The summed E-state index contributed by atoms with van der Waals surface area (Å²) in [4.78, 5) is 43.8. The van der Waals surface area contributed by atoms with Gasteiger partial charge in [-0.15, -0.1) is 11.3 Å². The average molecular weight is 487 g/mol. The second-order valence-corrected chi connectivity index (χ2v) is 9.21. The summed E-state index contributed by atoms with van der Waals surface area (Å²) in [5.41, 5.74) is 2.40. The number of thioether (sulfide) groups is 1. The third-order valence-corrected chi connectivity index (χ3v) is 6.99. The largest absolute Gasteiger partial charge is 0.466 e. The number of hydrogen-bond acceptors (Lipinski definition) is 9. The molecule has 0 saturated carbocycles. The third kappa shape index (κ3) is 4.79. The van der Waals surface area contributed by atoms with Gasteiger partial charge in [-0.2, -0.15) is 5.10 Å². The molecule has 3 aromatic rings. The molecule has 0 N–H and O–H groups in total. The molecule has 1 amide bonds. The highest BCUT2D eigenvalue weighted by molar-refractivity contribution is 8.04. The van der Waals surface area contributed by atoms with Gasteiger partial charge in [0, 0.05) is 13.6 Å². The first-order valence-electron chi connectivity index (χ1n) is 10.2. The predicted octanol–water partition coefficient (Wildman–Crippen LogP) is 3.14. The predicted molar refractivity (Wildman–Crippen MR) is 126 cm³/mol. The summed E-state index contributed by atoms with van der Waals surface area (Å²) in [6, 6.07) is 5.61. The van der Waals surface area contributed by atoms with Gasteiger partial charge in [-0.05, 0) is 30.9 Å². The minimum atomic E-state index is -0.515. The van der Waals surface area contributed by atoms with Gasteiger partial charge in [-0.25, -0.2) is 14.6 Å². The monoisotopic (exact) mass is 486 g/mol. The number of hydrogen-bond donors (Lipinski definition) is 0. The minimum absolute atomic E-state index is 0.0936. The van der Waals surface area contributed by atoms with Gasteiger partial charge in [-0.3, -0.25) is 9.48 Å². The van der Waals surface area contributed by atoms with Crippen molar-refractivity contribution in [1.29, 1.82) is 0 Å². The van der Waals surface area contributed by atoms with Crippen molar-refractivity contribution < 1.29 is 23.9 Å². The molecule has 172 valence electrons. The van der Waals surface area contributed by atoms with E-state index in [1.54, 1.807) is 17.8 Å². The molecule has 0 aromatic carbocycles. The Morgan fingerprint density at radius 2 is 2.15 bits per heavy atom. The van der Waals surface area contributed by atoms with Crippen molar-refractivity contribution in [3.8, 4) is 10.6 Å². The van der Waals surface area contributed by atoms with Gasteiger partial charge >= 0.3 is 11.9 Å². The Morgan fingerprint density at radius 1 is 1.33 bits per heavy atom. The molecule has 11 heteroatoms. The molecular weight excluding hydrogens is 464 g/mol. The van der Waals surface area contributed by atoms with Crippen LogP contribution in [0.15, 0.2) is 34.7 Å². The Labute approximate surface area is 198 Å². The number of methoxy groups -OCH3 is 1. The summed E-state index contributed by atoms with van der Waals surface area (Å²) < 4.78 is 11.8. The molecule has 33 heavy (non-hydrogen) atoms. The highest BCUT2D eigenvalue weighted by Crippen LogP contribution is 2.30. The lowest BCUT2D eigenvalue weighted by atomic mass is 10.1. The lowest BCUT2D eigenvalue weighted by molar-refractivity contribution is -0.134. The molecule has 0 bridgehead atoms. The van der Waals surface area contributed by atoms with Crippen LogP contribution in [-0.2, 0) is 26.1 Å². The number of thiophene rings is 1. The summed E-state index contributed by atoms with van der Waals surface area (Å²) in [6.45, 7) is 2.29. The number of amides is 1. The van der Waals surface area contributed by atoms with Crippen LogP contribution in [0.2, 0.25) is 0 Å². The van der Waals surface area contributed by atoms with E-state index >= 15 is 0 Å². The fourth-order valence-electron chi connectivity index (χ4n) is 3.55. The number of carbonyl (C=O) groups excluding carboxylic acids is 3. The van der Waals surface area contributed by atoms with Crippen LogP contribution in [0.5, 0.6) is 0 Å². The van der Waals surface area contributed by atoms with E-state index in [0.717, 1.165) is 4.88 Å². The number of rotatable bonds is 7. The molecule has 0 unspecified atom stereocenters. The van der Waals surface area contributed by atoms with E-state index < -0.39 is 11.9 Å². The smallest absolute Gasteiger partial charge is 0.339 e. The van der Waals surface area contributed by atoms with Gasteiger partial charge in [0.2, 0.25) is 5.91 Å². The van der Waals surface area contributed by atoms with Gasteiger partial charge < -0.3 is 14.4 Å². The summed E-state index contributed by atoms with van der Waals surface area (Å²) in [5, 5.41) is 7.57. The highest BCUT2D eigenvalue weighted by Gasteiger charge is 2.27. The fourth-order valence-corrected chi connectivity index (χ4v) is 5.19. The molecule has 1 saturated heterocycles. The fraction of sp³-hybridized carbons (Fsp3) is 0.318. The zero-order valence-corrected chi connectivity index (χ0v) is 20.0. The number of fused-ring (bicyclic) bond motifs is 1. The lowest BCUT2D eigenvalue weighted by Crippen LogP contribution is -2.27. The Balaban J connectivity index is 1.48. The van der Waals surface area contributed by atoms with Crippen LogP contribution in [0, 0.1) is 6.92 Å². The lowest BCUT2D eigenvalue weighted by Gasteiger charge is -2.16. The van der Waals surface area contributed by atoms with E-state index in [1.165, 1.54) is 41.2 Å². The van der Waals surface area contributed by atoms with E-state index in [-0.39, 0.29) is 18.3 Å². The molecule has 0 atom stereocenters. The molecule has 0 radical (unpaired) electrons. The molecule has 1 aliphatic rings. The van der Waals surface area contributed by atoms with Crippen molar-refractivity contribution in [3.63, 3.8) is 0 Å². The zero-order valence-electron chi connectivity index (χ0n) is 18.4. The molecule has 3 aromatic heterocycles. The highest BCUT2D eigenvalue weighted by atomic mass is 32.2. The van der Waals surface area contributed by atoms with Crippen LogP contribution in [-0.4, -0.2) is 63.5 Å². The normalized spacial score (nSPS) is 14.9. The maximum absolute atomic E-state index is 13.0. The van der Waals surface area contributed by atoms with Crippen LogP contribution in [0.3, 0.4) is 0 Å². The van der Waals surface area contributed by atoms with E-state index in [2.05, 4.69) is 14.8 Å². The van der Waals surface area contributed by atoms with Crippen LogP contribution in [0.4, 0.5) is 0 Å². The number of ether oxygens (including phenoxy) is 2. The summed E-state index contributed by atoms with van der Waals surface area (Å²) >= 11 is 2.82. The van der Waals surface area contributed by atoms with E-state index in [9.17, 15) is 14.4 Å². The van der Waals surface area contributed by atoms with Crippen LogP contribution < -0.4 is 0 Å². The van der Waals surface area contributed by atoms with Gasteiger partial charge in [0.15, 0.2) is 5.65 Å². The molecule has 4 rings (SSSR count). The maximum Gasteiger partial charge on any atom is 0.339 e. The number of pyridine rings is 1. The SMILES string of the molecule is COC(=O)/C=C1/SCC(=O)N1CCCOC(=O)c1cc(-c2cccs2)nc2c1c(C)nn2C. The Morgan fingerprint density at radius 3 is 2.88 bits per heavy atom. The molecule has 4 heterocycles. The Kier molecular flexibility index (Phi) is 6.80. The summed E-state index contributed by atoms with van der Waals surface area (Å²) in [5.74, 6) is -0.810. The quantitative estimate of drug-likeness (QED) is 0.285. The molecule has 0 spiro atoms. The number of carbonyl (C=O) groups is 3. The number of nitrogens with zero attached hydrogens (tertiary/aromatic N) is 4. The number of esters is 2. The summed E-state index contributed by atoms with van der Waals surface area (Å²) in [7, 11) is 3.08. The molecular formula is C22H22N4O5S2. The van der Waals surface area contributed by atoms with Crippen molar-refractivity contribution >= 4 is 52.0 Å². The Hall–Kier alpha value is -3.18. The van der Waals surface area contributed by atoms with Crippen molar-refractivity contribution in [2.45, 2.75) is 13.3 Å². The van der Waals surface area contributed by atoms with E-state index in [1.807, 2.05) is 24.4 Å². The van der Waals surface area contributed by atoms with E-state index in [0.29, 0.717) is 46.0 Å². The average Bonchev–Trinajstić information content (AvgIpc) is 3.52. The van der Waals surface area contributed by atoms with Crippen molar-refractivity contribution in [2.24, 2.45) is 7.05 Å². The summed E-state index contributed by atoms with van der Waals surface area (Å²) in [6.07, 6.45) is 1.72. The third-order valence-electron chi connectivity index (χ3n) is 5.07. The first-order chi connectivity index (χ1) is 15.9. The second-order valence-electron chi connectivity index (χ2n) is 7.27. The topological polar surface area (TPSA) is 104 Å². The number of aryl methyl sites for hydroxylation is 2. The second kappa shape index (κ2) is 9.75. The van der Waals surface area contributed by atoms with E-state index in [4.69, 9.17) is 4.74 Å². The molecule has 1 fully saturated rings. The van der Waals surface area contributed by atoms with Crippen molar-refractivity contribution in [2.75, 3.05) is 26.0 Å². The van der Waals surface area contributed by atoms with Gasteiger partial charge in [0.1, 0.15) is 0 Å². The minimum Gasteiger partial charge on any atom is -0.466 e.